The van der Waals surface area contributed by atoms with Crippen molar-refractivity contribution >= 4 is 18.8 Å². The molecule has 1 aromatic carbocycles. The van der Waals surface area contributed by atoms with Gasteiger partial charge in [0.15, 0.2) is 30.8 Å². The molecular weight excluding hydrogens is 1310 g/mol. The lowest BCUT2D eigenvalue weighted by atomic mass is 9.94. The molecule has 0 fully saturated rings. The van der Waals surface area contributed by atoms with Gasteiger partial charge in [-0.15, -0.1) is 0 Å². The van der Waals surface area contributed by atoms with Gasteiger partial charge in [0.2, 0.25) is 17.3 Å². The summed E-state index contributed by atoms with van der Waals surface area (Å²) in [6, 6.07) is 0. The number of quaternary nitrogens is 1. The van der Waals surface area contributed by atoms with Gasteiger partial charge in [-0.05, 0) is 57.3 Å². The molecular formula is C61H94AlF28N. The van der Waals surface area contributed by atoms with Crippen molar-refractivity contribution in [1.82, 2.24) is 0 Å². The minimum absolute atomic E-state index is 0.0363. The fourth-order valence-corrected chi connectivity index (χ4v) is 17.2. The van der Waals surface area contributed by atoms with Crippen LogP contribution in [-0.2, 0) is 0 Å². The topological polar surface area (TPSA) is 4.44 Å². The van der Waals surface area contributed by atoms with Crippen molar-refractivity contribution in [2.24, 2.45) is 11.8 Å². The zero-order chi connectivity index (χ0) is 71.3. The van der Waals surface area contributed by atoms with Gasteiger partial charge in [-0.2, -0.15) is 79.0 Å². The predicted octanol–water partition coefficient (Wildman–Crippen LogP) is 24.4. The smallest absolute Gasteiger partial charge is 0.297 e. The highest BCUT2D eigenvalue weighted by atomic mass is 27.3. The molecule has 0 bridgehead atoms. The van der Waals surface area contributed by atoms with Crippen LogP contribution in [0.2, 0.25) is 0 Å². The van der Waals surface area contributed by atoms with E-state index in [2.05, 4.69) is 27.7 Å². The van der Waals surface area contributed by atoms with Gasteiger partial charge in [-0.3, -0.25) is 40.0 Å². The van der Waals surface area contributed by atoms with Crippen LogP contribution < -0.4 is 4.90 Å². The molecule has 30 heteroatoms. The van der Waals surface area contributed by atoms with Crippen molar-refractivity contribution in [1.29, 1.82) is 0 Å². The molecule has 0 aliphatic carbocycles. The van der Waals surface area contributed by atoms with Crippen LogP contribution >= 0.6 is 0 Å². The zero-order valence-corrected chi connectivity index (χ0v) is 54.6. The number of benzene rings is 1. The van der Waals surface area contributed by atoms with E-state index in [0.29, 0.717) is 29.8 Å². The Hall–Kier alpha value is -2.25. The first kappa shape index (κ1) is 88.8. The normalized spacial score (nSPS) is 15.3. The molecule has 1 aromatic rings. The van der Waals surface area contributed by atoms with Crippen molar-refractivity contribution in [3.8, 4) is 0 Å². The highest BCUT2D eigenvalue weighted by molar-refractivity contribution is 6.89. The number of nitrogens with one attached hydrogen (secondary N) is 1. The van der Waals surface area contributed by atoms with Crippen LogP contribution in [0.3, 0.4) is 0 Å². The largest absolute Gasteiger partial charge is 0.540 e. The summed E-state index contributed by atoms with van der Waals surface area (Å²) in [6.07, 6.45) is -12.5. The van der Waals surface area contributed by atoms with Crippen LogP contribution in [0.25, 0.3) is 0 Å². The molecule has 0 aliphatic heterocycles. The van der Waals surface area contributed by atoms with Gasteiger partial charge in [0.1, 0.15) is 0 Å². The highest BCUT2D eigenvalue weighted by Crippen LogP contribution is 2.73. The molecule has 0 amide bonds. The standard InChI is InChI=1S/C25H41F4N.4C9H13F6.Al/c1-6-10-12-19(8-3)14-16-30(17-15-20(9-4)13-11-7-2)25-22(27)18(5)21(26)23(28)24(25)29;4*1-2-3-4-5-6-8(12,13)9(14,15)7(10)11;/h19-20H,6-17H2,1-5H3;4*2-6H2,1H3;/q;;;;;-1/p+1. The Bertz CT molecular complexity index is 1990. The fourth-order valence-electron chi connectivity index (χ4n) is 11.4. The third kappa shape index (κ3) is 19.1. The third-order valence-corrected chi connectivity index (χ3v) is 23.5. The molecule has 0 saturated heterocycles. The summed E-state index contributed by atoms with van der Waals surface area (Å²) in [5, 5.41) is 0. The van der Waals surface area contributed by atoms with Gasteiger partial charge in [-0.25, -0.2) is 8.78 Å². The second kappa shape index (κ2) is 36.4. The number of unbranched alkanes of at least 4 members (excludes halogenated alkanes) is 14. The summed E-state index contributed by atoms with van der Waals surface area (Å²) in [4.78, 5) is -38.2. The highest BCUT2D eigenvalue weighted by Gasteiger charge is 3.07. The first-order chi connectivity index (χ1) is 41.6. The summed E-state index contributed by atoms with van der Waals surface area (Å²) in [7, 11) is 0. The van der Waals surface area contributed by atoms with E-state index in [1.807, 2.05) is 0 Å². The lowest BCUT2D eigenvalue weighted by Crippen LogP contribution is -3.08. The Labute approximate surface area is 520 Å². The quantitative estimate of drug-likeness (QED) is 0.0218. The first-order valence-corrected chi connectivity index (χ1v) is 34.2. The van der Waals surface area contributed by atoms with E-state index in [0.717, 1.165) is 64.2 Å². The first-order valence-electron chi connectivity index (χ1n) is 31.9. The predicted molar refractivity (Wildman–Crippen MR) is 297 cm³/mol. The molecule has 0 radical (unpaired) electrons. The average molecular weight is 1400 g/mol. The van der Waals surface area contributed by atoms with Gasteiger partial charge < -0.3 is 0 Å². The van der Waals surface area contributed by atoms with E-state index < -0.39 is 185 Å². The van der Waals surface area contributed by atoms with E-state index in [-0.39, 0.29) is 57.1 Å². The zero-order valence-electron chi connectivity index (χ0n) is 53.4. The van der Waals surface area contributed by atoms with Crippen molar-refractivity contribution in [3.05, 3.63) is 28.8 Å². The monoisotopic (exact) mass is 1400 g/mol. The van der Waals surface area contributed by atoms with E-state index in [1.54, 1.807) is 0 Å². The maximum Gasteiger partial charge on any atom is 0.540 e. The van der Waals surface area contributed by atoms with Gasteiger partial charge >= 0.3 is 60.5 Å². The summed E-state index contributed by atoms with van der Waals surface area (Å²) >= 11 is -13.7. The molecule has 1 nitrogen and oxygen atoms in total. The average Bonchev–Trinajstić information content (AvgIpc) is 0.643. The Morgan fingerprint density at radius 1 is 0.297 bits per heavy atom. The molecule has 542 valence electrons. The molecule has 0 saturated carbocycles. The van der Waals surface area contributed by atoms with Gasteiger partial charge in [0, 0.05) is 31.2 Å². The van der Waals surface area contributed by atoms with Gasteiger partial charge in [-0.1, -0.05) is 184 Å². The second-order valence-corrected chi connectivity index (χ2v) is 29.1. The van der Waals surface area contributed by atoms with Crippen LogP contribution in [0, 0.1) is 42.0 Å². The lowest BCUT2D eigenvalue weighted by molar-refractivity contribution is -0.836. The van der Waals surface area contributed by atoms with E-state index >= 15 is 105 Å². The number of alkyl halides is 24. The molecule has 0 heterocycles. The minimum Gasteiger partial charge on any atom is -0.297 e. The molecule has 0 aromatic heterocycles. The molecule has 0 spiro atoms. The molecule has 0 aliphatic rings. The maximum atomic E-state index is 16.6. The summed E-state index contributed by atoms with van der Waals surface area (Å²) in [6.45, 7) is 15.9. The van der Waals surface area contributed by atoms with Crippen LogP contribution in [0.4, 0.5) is 129 Å². The summed E-state index contributed by atoms with van der Waals surface area (Å²) < 4.78 is 437. The molecule has 2 unspecified atom stereocenters. The van der Waals surface area contributed by atoms with Crippen LogP contribution in [-0.4, -0.2) is 92.7 Å². The van der Waals surface area contributed by atoms with E-state index in [9.17, 15) is 17.6 Å². The lowest BCUT2D eigenvalue weighted by Gasteiger charge is -2.61. The summed E-state index contributed by atoms with van der Waals surface area (Å²) in [5.41, 5.74) is -0.750. The minimum atomic E-state index is -13.7. The van der Waals surface area contributed by atoms with Crippen molar-refractivity contribution < 1.29 is 128 Å². The SMILES string of the molecule is CCCCC(CC)CC[NH+](CCC(CC)CCCC)c1c(F)c(C)c(F)c(F)c1F.CCCCCCC(F)(F)C(F)(F)[C](F)(F)[Al-]([C](F)(F)C(F)(F)C(F)(F)CCCCCC)([C](F)(F)C(F)(F)C(F)(F)CCCCCC)[C](F)(F)C(F)(F)C(F)(F)CCCCCC. The Morgan fingerprint density at radius 3 is 0.758 bits per heavy atom. The van der Waals surface area contributed by atoms with Crippen LogP contribution in [0.5, 0.6) is 0 Å². The van der Waals surface area contributed by atoms with Gasteiger partial charge in [0.05, 0.1) is 13.1 Å². The third-order valence-electron chi connectivity index (χ3n) is 17.7. The molecule has 1 N–H and O–H groups in total. The number of halogens is 28. The molecule has 1 rings (SSSR count). The Kier molecular flexibility index (Phi) is 35.5. The van der Waals surface area contributed by atoms with Crippen molar-refractivity contribution in [3.63, 3.8) is 0 Å². The van der Waals surface area contributed by atoms with Crippen molar-refractivity contribution in [2.45, 2.75) is 321 Å². The number of hydrogen-bond donors (Lipinski definition) is 1. The second-order valence-electron chi connectivity index (χ2n) is 24.5. The van der Waals surface area contributed by atoms with E-state index in [1.165, 1.54) is 34.6 Å². The maximum absolute atomic E-state index is 16.6. The molecule has 2 atom stereocenters. The van der Waals surface area contributed by atoms with Gasteiger partial charge in [0.25, 0.3) is 0 Å². The number of hydrogen-bond acceptors (Lipinski definition) is 0. The fraction of sp³-hybridized carbons (Fsp3) is 0.902. The van der Waals surface area contributed by atoms with Crippen molar-refractivity contribution in [2.75, 3.05) is 13.1 Å². The number of rotatable bonds is 47. The van der Waals surface area contributed by atoms with E-state index in [4.69, 9.17) is 0 Å². The Balaban J connectivity index is 0.00000224. The molecule has 91 heavy (non-hydrogen) atoms. The van der Waals surface area contributed by atoms with Crippen LogP contribution in [0.15, 0.2) is 0 Å². The van der Waals surface area contributed by atoms with Crippen LogP contribution in [0.1, 0.15) is 254 Å². The summed E-state index contributed by atoms with van der Waals surface area (Å²) in [5.74, 6) is -68.2. The Morgan fingerprint density at radius 2 is 0.538 bits per heavy atom.